The number of amides is 1. The lowest BCUT2D eigenvalue weighted by molar-refractivity contribution is -0.115. The average Bonchev–Trinajstić information content (AvgIpc) is 2.75. The fourth-order valence-corrected chi connectivity index (χ4v) is 3.41. The van der Waals surface area contributed by atoms with Crippen LogP contribution in [0.15, 0.2) is 48.5 Å². The van der Waals surface area contributed by atoms with Crippen LogP contribution in [-0.4, -0.2) is 32.7 Å². The molecule has 8 nitrogen and oxygen atoms in total. The molecule has 0 radical (unpaired) electrons. The van der Waals surface area contributed by atoms with E-state index in [2.05, 4.69) is 25.6 Å². The number of aromatic nitrogens is 3. The zero-order chi connectivity index (χ0) is 22.2. The molecule has 162 valence electrons. The van der Waals surface area contributed by atoms with Crippen molar-refractivity contribution in [3.63, 3.8) is 0 Å². The third-order valence-corrected chi connectivity index (χ3v) is 5.45. The smallest absolute Gasteiger partial charge is 0.237 e. The van der Waals surface area contributed by atoms with Crippen molar-refractivity contribution in [2.45, 2.75) is 24.9 Å². The van der Waals surface area contributed by atoms with Crippen molar-refractivity contribution in [1.82, 2.24) is 15.0 Å². The number of hydrogen-bond donors (Lipinski definition) is 3. The summed E-state index contributed by atoms with van der Waals surface area (Å²) in [7, 11) is 0. The molecule has 0 aliphatic heterocycles. The van der Waals surface area contributed by atoms with Crippen LogP contribution in [0.5, 0.6) is 5.75 Å². The van der Waals surface area contributed by atoms with Gasteiger partial charge in [-0.3, -0.25) is 4.79 Å². The standard InChI is InChI=1S/C21H23ClN6O2S/c1-3-30-17-10-8-15(9-11-17)24-19(29)13(2)31-12-18-26-20(23)28-21(27-18)25-16-6-4-14(22)5-7-16/h4-11,13H,3,12H2,1-2H3,(H,24,29)(H3,23,25,26,27,28)/t13-/m1/s1. The SMILES string of the molecule is CCOc1ccc(NC(=O)[C@@H](C)SCc2nc(N)nc(Nc3ccc(Cl)cc3)n2)cc1. The molecule has 31 heavy (non-hydrogen) atoms. The molecular formula is C21H23ClN6O2S. The number of carbonyl (C=O) groups is 1. The first kappa shape index (κ1) is 22.6. The summed E-state index contributed by atoms with van der Waals surface area (Å²) in [5.74, 6) is 1.97. The van der Waals surface area contributed by atoms with E-state index in [0.717, 1.165) is 11.4 Å². The van der Waals surface area contributed by atoms with Gasteiger partial charge in [0.1, 0.15) is 11.6 Å². The van der Waals surface area contributed by atoms with Crippen LogP contribution in [0.3, 0.4) is 0 Å². The number of hydrogen-bond acceptors (Lipinski definition) is 8. The van der Waals surface area contributed by atoms with E-state index in [0.29, 0.717) is 34.8 Å². The van der Waals surface area contributed by atoms with Crippen molar-refractivity contribution in [2.75, 3.05) is 23.0 Å². The molecule has 3 aromatic rings. The zero-order valence-corrected chi connectivity index (χ0v) is 18.7. The van der Waals surface area contributed by atoms with Gasteiger partial charge in [-0.05, 0) is 62.4 Å². The summed E-state index contributed by atoms with van der Waals surface area (Å²) in [6.45, 7) is 4.34. The van der Waals surface area contributed by atoms with Gasteiger partial charge in [0.05, 0.1) is 17.6 Å². The molecule has 0 aliphatic carbocycles. The summed E-state index contributed by atoms with van der Waals surface area (Å²) in [5.41, 5.74) is 7.30. The van der Waals surface area contributed by atoms with E-state index in [1.54, 1.807) is 12.1 Å². The average molecular weight is 459 g/mol. The molecule has 0 unspecified atom stereocenters. The molecule has 0 aliphatic rings. The molecule has 10 heteroatoms. The maximum absolute atomic E-state index is 12.5. The Morgan fingerprint density at radius 3 is 2.45 bits per heavy atom. The lowest BCUT2D eigenvalue weighted by atomic mass is 10.3. The van der Waals surface area contributed by atoms with Crippen molar-refractivity contribution in [1.29, 1.82) is 0 Å². The second-order valence-electron chi connectivity index (χ2n) is 6.47. The summed E-state index contributed by atoms with van der Waals surface area (Å²) < 4.78 is 5.41. The van der Waals surface area contributed by atoms with Gasteiger partial charge in [0.2, 0.25) is 17.8 Å². The van der Waals surface area contributed by atoms with Crippen LogP contribution in [-0.2, 0) is 10.5 Å². The molecule has 0 saturated carbocycles. The number of ether oxygens (including phenoxy) is 1. The Morgan fingerprint density at radius 1 is 1.10 bits per heavy atom. The van der Waals surface area contributed by atoms with Crippen molar-refractivity contribution < 1.29 is 9.53 Å². The van der Waals surface area contributed by atoms with E-state index in [1.165, 1.54) is 11.8 Å². The lowest BCUT2D eigenvalue weighted by Crippen LogP contribution is -2.22. The summed E-state index contributed by atoms with van der Waals surface area (Å²) in [4.78, 5) is 25.1. The van der Waals surface area contributed by atoms with E-state index in [9.17, 15) is 4.79 Å². The van der Waals surface area contributed by atoms with Crippen LogP contribution >= 0.6 is 23.4 Å². The second kappa shape index (κ2) is 10.8. The number of benzene rings is 2. The minimum absolute atomic E-state index is 0.105. The monoisotopic (exact) mass is 458 g/mol. The van der Waals surface area contributed by atoms with Crippen molar-refractivity contribution in [2.24, 2.45) is 0 Å². The molecule has 1 atom stereocenters. The number of nitrogens with two attached hydrogens (primary N) is 1. The summed E-state index contributed by atoms with van der Waals surface area (Å²) in [6, 6.07) is 14.4. The molecule has 0 fully saturated rings. The van der Waals surface area contributed by atoms with Gasteiger partial charge in [-0.25, -0.2) is 0 Å². The Kier molecular flexibility index (Phi) is 7.91. The number of halogens is 1. The van der Waals surface area contributed by atoms with E-state index >= 15 is 0 Å². The number of nitrogen functional groups attached to an aromatic ring is 1. The Bertz CT molecular complexity index is 1020. The lowest BCUT2D eigenvalue weighted by Gasteiger charge is -2.13. The fourth-order valence-electron chi connectivity index (χ4n) is 2.54. The predicted octanol–water partition coefficient (Wildman–Crippen LogP) is 4.51. The van der Waals surface area contributed by atoms with Crippen LogP contribution in [0.4, 0.5) is 23.3 Å². The highest BCUT2D eigenvalue weighted by atomic mass is 35.5. The topological polar surface area (TPSA) is 115 Å². The highest BCUT2D eigenvalue weighted by molar-refractivity contribution is 7.99. The van der Waals surface area contributed by atoms with Gasteiger partial charge in [0.15, 0.2) is 0 Å². The molecule has 4 N–H and O–H groups in total. The van der Waals surface area contributed by atoms with Gasteiger partial charge >= 0.3 is 0 Å². The molecule has 2 aromatic carbocycles. The first-order valence-electron chi connectivity index (χ1n) is 9.61. The van der Waals surface area contributed by atoms with Crippen molar-refractivity contribution in [3.8, 4) is 5.75 Å². The third-order valence-electron chi connectivity index (χ3n) is 4.06. The fraction of sp³-hybridized carbons (Fsp3) is 0.238. The Labute approximate surface area is 190 Å². The summed E-state index contributed by atoms with van der Waals surface area (Å²) >= 11 is 7.31. The Morgan fingerprint density at radius 2 is 1.77 bits per heavy atom. The van der Waals surface area contributed by atoms with Crippen LogP contribution in [0.1, 0.15) is 19.7 Å². The first-order valence-corrected chi connectivity index (χ1v) is 11.0. The van der Waals surface area contributed by atoms with Gasteiger partial charge in [-0.2, -0.15) is 15.0 Å². The van der Waals surface area contributed by atoms with Gasteiger partial charge in [0, 0.05) is 16.4 Å². The largest absolute Gasteiger partial charge is 0.494 e. The van der Waals surface area contributed by atoms with Gasteiger partial charge in [-0.1, -0.05) is 11.6 Å². The highest BCUT2D eigenvalue weighted by Gasteiger charge is 2.15. The van der Waals surface area contributed by atoms with Crippen molar-refractivity contribution >= 4 is 52.5 Å². The van der Waals surface area contributed by atoms with Crippen LogP contribution in [0, 0.1) is 0 Å². The molecule has 0 saturated heterocycles. The van der Waals surface area contributed by atoms with Crippen LogP contribution < -0.4 is 21.1 Å². The van der Waals surface area contributed by atoms with Crippen LogP contribution in [0.2, 0.25) is 5.02 Å². The molecule has 0 bridgehead atoms. The van der Waals surface area contributed by atoms with Gasteiger partial charge in [0.25, 0.3) is 0 Å². The number of rotatable bonds is 9. The van der Waals surface area contributed by atoms with E-state index < -0.39 is 0 Å². The highest BCUT2D eigenvalue weighted by Crippen LogP contribution is 2.21. The normalized spacial score (nSPS) is 11.6. The number of thioether (sulfide) groups is 1. The molecule has 3 rings (SSSR count). The van der Waals surface area contributed by atoms with E-state index in [1.807, 2.05) is 50.2 Å². The number of anilines is 4. The number of nitrogens with one attached hydrogen (secondary N) is 2. The maximum Gasteiger partial charge on any atom is 0.237 e. The number of nitrogens with zero attached hydrogens (tertiary/aromatic N) is 3. The third kappa shape index (κ3) is 7.01. The van der Waals surface area contributed by atoms with Gasteiger partial charge in [-0.15, -0.1) is 11.8 Å². The minimum Gasteiger partial charge on any atom is -0.494 e. The number of carbonyl (C=O) groups excluding carboxylic acids is 1. The van der Waals surface area contributed by atoms with Crippen molar-refractivity contribution in [3.05, 3.63) is 59.4 Å². The molecule has 0 spiro atoms. The molecule has 1 amide bonds. The molecular weight excluding hydrogens is 436 g/mol. The first-order chi connectivity index (χ1) is 14.9. The molecule has 1 heterocycles. The zero-order valence-electron chi connectivity index (χ0n) is 17.1. The van der Waals surface area contributed by atoms with E-state index in [-0.39, 0.29) is 17.1 Å². The summed E-state index contributed by atoms with van der Waals surface area (Å²) in [5, 5.41) is 6.27. The van der Waals surface area contributed by atoms with Gasteiger partial charge < -0.3 is 21.1 Å². The predicted molar refractivity (Wildman–Crippen MR) is 126 cm³/mol. The Balaban J connectivity index is 1.56. The summed E-state index contributed by atoms with van der Waals surface area (Å²) in [6.07, 6.45) is 0. The Hall–Kier alpha value is -3.04. The maximum atomic E-state index is 12.5. The quantitative estimate of drug-likeness (QED) is 0.429. The minimum atomic E-state index is -0.322. The second-order valence-corrected chi connectivity index (χ2v) is 8.23. The van der Waals surface area contributed by atoms with E-state index in [4.69, 9.17) is 22.1 Å². The van der Waals surface area contributed by atoms with Crippen LogP contribution in [0.25, 0.3) is 0 Å². The molecule has 1 aromatic heterocycles.